The van der Waals surface area contributed by atoms with E-state index in [0.717, 1.165) is 32.1 Å². The van der Waals surface area contributed by atoms with Crippen LogP contribution in [0.15, 0.2) is 48.6 Å². The number of para-hydroxylation sites is 1. The van der Waals surface area contributed by atoms with Crippen molar-refractivity contribution in [1.29, 1.82) is 0 Å². The first-order valence-corrected chi connectivity index (χ1v) is 8.99. The van der Waals surface area contributed by atoms with Crippen LogP contribution in [0.3, 0.4) is 0 Å². The van der Waals surface area contributed by atoms with Gasteiger partial charge in [-0.3, -0.25) is 4.79 Å². The number of hydrogen-bond donors (Lipinski definition) is 2. The van der Waals surface area contributed by atoms with Gasteiger partial charge in [-0.2, -0.15) is 0 Å². The number of unbranched alkanes of at least 4 members (excludes halogenated alkanes) is 1. The summed E-state index contributed by atoms with van der Waals surface area (Å²) in [7, 11) is 0. The SMILES string of the molecule is CC/C=C\CCCC(=O)O.CC/C=C\CCOc1ccccc1C(=O)O. The van der Waals surface area contributed by atoms with Crippen molar-refractivity contribution in [3.63, 3.8) is 0 Å². The molecule has 0 aliphatic carbocycles. The molecule has 0 atom stereocenters. The van der Waals surface area contributed by atoms with Crippen molar-refractivity contribution in [1.82, 2.24) is 0 Å². The van der Waals surface area contributed by atoms with E-state index >= 15 is 0 Å². The average molecular weight is 362 g/mol. The molecule has 1 aromatic rings. The maximum Gasteiger partial charge on any atom is 0.339 e. The molecule has 0 unspecified atom stereocenters. The maximum absolute atomic E-state index is 10.9. The average Bonchev–Trinajstić information content (AvgIpc) is 2.62. The Morgan fingerprint density at radius 3 is 2.15 bits per heavy atom. The van der Waals surface area contributed by atoms with Crippen LogP contribution in [0.25, 0.3) is 0 Å². The van der Waals surface area contributed by atoms with E-state index in [1.807, 2.05) is 12.2 Å². The summed E-state index contributed by atoms with van der Waals surface area (Å²) in [5, 5.41) is 17.2. The Kier molecular flexibility index (Phi) is 14.4. The fourth-order valence-electron chi connectivity index (χ4n) is 1.95. The summed E-state index contributed by atoms with van der Waals surface area (Å²) < 4.78 is 5.41. The molecule has 0 heterocycles. The number of ether oxygens (including phenoxy) is 1. The molecule has 0 aromatic heterocycles. The van der Waals surface area contributed by atoms with E-state index in [4.69, 9.17) is 14.9 Å². The first kappa shape index (κ1) is 23.4. The number of aromatic carboxylic acids is 1. The van der Waals surface area contributed by atoms with Gasteiger partial charge in [-0.1, -0.05) is 50.3 Å². The van der Waals surface area contributed by atoms with Crippen LogP contribution in [0.1, 0.15) is 62.7 Å². The van der Waals surface area contributed by atoms with Crippen LogP contribution in [-0.4, -0.2) is 28.8 Å². The van der Waals surface area contributed by atoms with Crippen molar-refractivity contribution < 1.29 is 24.5 Å². The molecule has 0 fully saturated rings. The third kappa shape index (κ3) is 12.8. The number of aliphatic carboxylic acids is 1. The number of allylic oxidation sites excluding steroid dienone is 3. The van der Waals surface area contributed by atoms with Crippen LogP contribution >= 0.6 is 0 Å². The molecule has 0 amide bonds. The lowest BCUT2D eigenvalue weighted by Gasteiger charge is -2.07. The summed E-state index contributed by atoms with van der Waals surface area (Å²) in [6, 6.07) is 6.67. The van der Waals surface area contributed by atoms with E-state index in [1.165, 1.54) is 0 Å². The second-order valence-corrected chi connectivity index (χ2v) is 5.48. The van der Waals surface area contributed by atoms with Crippen molar-refractivity contribution in [2.75, 3.05) is 6.61 Å². The molecule has 0 radical (unpaired) electrons. The van der Waals surface area contributed by atoms with Gasteiger partial charge in [-0.25, -0.2) is 4.79 Å². The standard InChI is InChI=1S/C13H16O3.C8H14O2/c1-2-3-4-7-10-16-12-9-6-5-8-11(12)13(14)15;1-2-3-4-5-6-7-8(9)10/h3-6,8-9H,2,7,10H2,1H3,(H,14,15);3-4H,2,5-7H2,1H3,(H,9,10)/b2*4-3-. The van der Waals surface area contributed by atoms with Gasteiger partial charge in [-0.05, 0) is 44.2 Å². The molecule has 26 heavy (non-hydrogen) atoms. The van der Waals surface area contributed by atoms with Crippen LogP contribution in [0.4, 0.5) is 0 Å². The minimum absolute atomic E-state index is 0.210. The normalized spacial score (nSPS) is 10.5. The number of carboxylic acids is 2. The molecular formula is C21H30O5. The molecule has 1 aromatic carbocycles. The van der Waals surface area contributed by atoms with Crippen molar-refractivity contribution in [3.05, 3.63) is 54.1 Å². The predicted octanol–water partition coefficient (Wildman–Crippen LogP) is 5.33. The van der Waals surface area contributed by atoms with Crippen molar-refractivity contribution in [2.45, 2.75) is 52.4 Å². The van der Waals surface area contributed by atoms with Crippen LogP contribution in [0, 0.1) is 0 Å². The van der Waals surface area contributed by atoms with Crippen molar-refractivity contribution in [2.24, 2.45) is 0 Å². The Morgan fingerprint density at radius 1 is 0.962 bits per heavy atom. The minimum atomic E-state index is -0.959. The van der Waals surface area contributed by atoms with E-state index in [0.29, 0.717) is 12.4 Å². The second kappa shape index (κ2) is 15.9. The highest BCUT2D eigenvalue weighted by atomic mass is 16.5. The van der Waals surface area contributed by atoms with Crippen LogP contribution in [0.2, 0.25) is 0 Å². The minimum Gasteiger partial charge on any atom is -0.492 e. The lowest BCUT2D eigenvalue weighted by molar-refractivity contribution is -0.137. The fourth-order valence-corrected chi connectivity index (χ4v) is 1.95. The quantitative estimate of drug-likeness (QED) is 0.411. The van der Waals surface area contributed by atoms with Gasteiger partial charge in [-0.15, -0.1) is 0 Å². The Hall–Kier alpha value is -2.56. The highest BCUT2D eigenvalue weighted by molar-refractivity contribution is 5.90. The van der Waals surface area contributed by atoms with Gasteiger partial charge in [0.05, 0.1) is 6.61 Å². The molecular weight excluding hydrogens is 332 g/mol. The van der Waals surface area contributed by atoms with E-state index in [9.17, 15) is 9.59 Å². The maximum atomic E-state index is 10.9. The fraction of sp³-hybridized carbons (Fsp3) is 0.429. The Labute approximate surface area is 156 Å². The second-order valence-electron chi connectivity index (χ2n) is 5.48. The monoisotopic (exact) mass is 362 g/mol. The summed E-state index contributed by atoms with van der Waals surface area (Å²) in [4.78, 5) is 20.9. The molecule has 144 valence electrons. The third-order valence-electron chi connectivity index (χ3n) is 3.23. The topological polar surface area (TPSA) is 83.8 Å². The van der Waals surface area contributed by atoms with Gasteiger partial charge in [0, 0.05) is 6.42 Å². The Morgan fingerprint density at radius 2 is 1.58 bits per heavy atom. The number of rotatable bonds is 11. The first-order valence-electron chi connectivity index (χ1n) is 8.99. The van der Waals surface area contributed by atoms with Crippen LogP contribution in [0.5, 0.6) is 5.75 Å². The van der Waals surface area contributed by atoms with E-state index in [-0.39, 0.29) is 12.0 Å². The summed E-state index contributed by atoms with van der Waals surface area (Å²) in [5.74, 6) is -1.23. The number of benzene rings is 1. The molecule has 0 spiro atoms. The lowest BCUT2D eigenvalue weighted by Crippen LogP contribution is -2.03. The van der Waals surface area contributed by atoms with Gasteiger partial charge in [0.2, 0.25) is 0 Å². The third-order valence-corrected chi connectivity index (χ3v) is 3.23. The zero-order valence-electron chi connectivity index (χ0n) is 15.7. The number of hydrogen-bond acceptors (Lipinski definition) is 3. The molecule has 5 nitrogen and oxygen atoms in total. The van der Waals surface area contributed by atoms with Gasteiger partial charge in [0.1, 0.15) is 11.3 Å². The largest absolute Gasteiger partial charge is 0.492 e. The van der Waals surface area contributed by atoms with E-state index < -0.39 is 11.9 Å². The number of carbonyl (C=O) groups is 2. The van der Waals surface area contributed by atoms with Gasteiger partial charge >= 0.3 is 11.9 Å². The summed E-state index contributed by atoms with van der Waals surface area (Å²) >= 11 is 0. The Bertz CT molecular complexity index is 576. The van der Waals surface area contributed by atoms with Gasteiger partial charge in [0.15, 0.2) is 0 Å². The van der Waals surface area contributed by atoms with Crippen LogP contribution < -0.4 is 4.74 Å². The molecule has 0 saturated carbocycles. The highest BCUT2D eigenvalue weighted by Gasteiger charge is 2.09. The zero-order chi connectivity index (χ0) is 19.6. The van der Waals surface area contributed by atoms with Crippen molar-refractivity contribution in [3.8, 4) is 5.75 Å². The van der Waals surface area contributed by atoms with E-state index in [1.54, 1.807) is 24.3 Å². The first-order chi connectivity index (χ1) is 12.5. The smallest absolute Gasteiger partial charge is 0.339 e. The van der Waals surface area contributed by atoms with Crippen LogP contribution in [-0.2, 0) is 4.79 Å². The summed E-state index contributed by atoms with van der Waals surface area (Å²) in [5.41, 5.74) is 0.210. The lowest BCUT2D eigenvalue weighted by atomic mass is 10.2. The molecule has 5 heteroatoms. The molecule has 1 rings (SSSR count). The zero-order valence-corrected chi connectivity index (χ0v) is 15.7. The highest BCUT2D eigenvalue weighted by Crippen LogP contribution is 2.17. The molecule has 2 N–H and O–H groups in total. The van der Waals surface area contributed by atoms with Crippen molar-refractivity contribution >= 4 is 11.9 Å². The van der Waals surface area contributed by atoms with Gasteiger partial charge in [0.25, 0.3) is 0 Å². The van der Waals surface area contributed by atoms with E-state index in [2.05, 4.69) is 26.0 Å². The molecule has 0 bridgehead atoms. The predicted molar refractivity (Wildman–Crippen MR) is 104 cm³/mol. The molecule has 0 aliphatic rings. The molecule has 0 saturated heterocycles. The Balaban J connectivity index is 0.000000541. The summed E-state index contributed by atoms with van der Waals surface area (Å²) in [6.45, 7) is 4.63. The molecule has 0 aliphatic heterocycles. The summed E-state index contributed by atoms with van der Waals surface area (Å²) in [6.07, 6.45) is 12.9. The van der Waals surface area contributed by atoms with Gasteiger partial charge < -0.3 is 14.9 Å². The number of carboxylic acid groups (broad SMARTS) is 2.